The highest BCUT2D eigenvalue weighted by Gasteiger charge is 2.15. The summed E-state index contributed by atoms with van der Waals surface area (Å²) in [7, 11) is 1.60. The SMILES string of the molecule is COCCC(=O)NC1CCNC1. The van der Waals surface area contributed by atoms with Crippen LogP contribution in [0.4, 0.5) is 0 Å². The number of ether oxygens (including phenoxy) is 1. The molecule has 0 radical (unpaired) electrons. The van der Waals surface area contributed by atoms with Crippen molar-refractivity contribution in [1.29, 1.82) is 0 Å². The molecule has 0 saturated carbocycles. The monoisotopic (exact) mass is 172 g/mol. The van der Waals surface area contributed by atoms with Crippen LogP contribution < -0.4 is 10.6 Å². The Kier molecular flexibility index (Phi) is 4.04. The van der Waals surface area contributed by atoms with Crippen molar-refractivity contribution >= 4 is 5.91 Å². The zero-order chi connectivity index (χ0) is 8.81. The molecule has 1 fully saturated rings. The van der Waals surface area contributed by atoms with Crippen molar-refractivity contribution in [3.05, 3.63) is 0 Å². The van der Waals surface area contributed by atoms with Gasteiger partial charge in [0.25, 0.3) is 0 Å². The summed E-state index contributed by atoms with van der Waals surface area (Å²) in [4.78, 5) is 11.1. The fraction of sp³-hybridized carbons (Fsp3) is 0.875. The highest BCUT2D eigenvalue weighted by Crippen LogP contribution is 1.97. The van der Waals surface area contributed by atoms with E-state index in [9.17, 15) is 4.79 Å². The number of hydrogen-bond acceptors (Lipinski definition) is 3. The fourth-order valence-corrected chi connectivity index (χ4v) is 1.27. The Hall–Kier alpha value is -0.610. The van der Waals surface area contributed by atoms with Crippen molar-refractivity contribution in [2.24, 2.45) is 0 Å². The predicted molar refractivity (Wildman–Crippen MR) is 45.9 cm³/mol. The van der Waals surface area contributed by atoms with Crippen LogP contribution in [0.1, 0.15) is 12.8 Å². The molecule has 2 N–H and O–H groups in total. The molecule has 0 aliphatic carbocycles. The first-order chi connectivity index (χ1) is 5.83. The van der Waals surface area contributed by atoms with Crippen molar-refractivity contribution in [3.8, 4) is 0 Å². The third-order valence-corrected chi connectivity index (χ3v) is 1.96. The molecule has 70 valence electrons. The third kappa shape index (κ3) is 3.19. The number of carbonyl (C=O) groups is 1. The molecule has 0 spiro atoms. The van der Waals surface area contributed by atoms with Gasteiger partial charge in [0.1, 0.15) is 0 Å². The summed E-state index contributed by atoms with van der Waals surface area (Å²) in [5.74, 6) is 0.0885. The van der Waals surface area contributed by atoms with Crippen LogP contribution >= 0.6 is 0 Å². The predicted octanol–water partition coefficient (Wildman–Crippen LogP) is -0.499. The number of nitrogens with one attached hydrogen (secondary N) is 2. The lowest BCUT2D eigenvalue weighted by Crippen LogP contribution is -2.36. The van der Waals surface area contributed by atoms with E-state index in [4.69, 9.17) is 4.74 Å². The van der Waals surface area contributed by atoms with Crippen molar-refractivity contribution in [3.63, 3.8) is 0 Å². The average molecular weight is 172 g/mol. The van der Waals surface area contributed by atoms with Crippen LogP contribution in [0.5, 0.6) is 0 Å². The van der Waals surface area contributed by atoms with Crippen LogP contribution in [0.2, 0.25) is 0 Å². The quantitative estimate of drug-likeness (QED) is 0.601. The first-order valence-electron chi connectivity index (χ1n) is 4.32. The van der Waals surface area contributed by atoms with Crippen LogP contribution in [-0.4, -0.2) is 38.8 Å². The molecule has 0 aromatic rings. The molecule has 12 heavy (non-hydrogen) atoms. The maximum atomic E-state index is 11.1. The lowest BCUT2D eigenvalue weighted by atomic mass is 10.2. The van der Waals surface area contributed by atoms with Gasteiger partial charge >= 0.3 is 0 Å². The van der Waals surface area contributed by atoms with Gasteiger partial charge in [0.05, 0.1) is 6.61 Å². The van der Waals surface area contributed by atoms with Crippen molar-refractivity contribution in [1.82, 2.24) is 10.6 Å². The summed E-state index contributed by atoms with van der Waals surface area (Å²) in [5, 5.41) is 6.12. The molecule has 1 unspecified atom stereocenters. The summed E-state index contributed by atoms with van der Waals surface area (Å²) >= 11 is 0. The molecule has 1 rings (SSSR count). The highest BCUT2D eigenvalue weighted by atomic mass is 16.5. The van der Waals surface area contributed by atoms with E-state index in [1.165, 1.54) is 0 Å². The number of methoxy groups -OCH3 is 1. The molecule has 0 aromatic heterocycles. The van der Waals surface area contributed by atoms with Crippen LogP contribution in [0.3, 0.4) is 0 Å². The summed E-state index contributed by atoms with van der Waals surface area (Å²) < 4.78 is 4.80. The van der Waals surface area contributed by atoms with E-state index in [0.717, 1.165) is 19.5 Å². The van der Waals surface area contributed by atoms with Gasteiger partial charge in [-0.2, -0.15) is 0 Å². The topological polar surface area (TPSA) is 50.4 Å². The van der Waals surface area contributed by atoms with E-state index >= 15 is 0 Å². The van der Waals surface area contributed by atoms with E-state index < -0.39 is 0 Å². The normalized spacial score (nSPS) is 22.6. The second-order valence-electron chi connectivity index (χ2n) is 3.00. The molecular formula is C8H16N2O2. The van der Waals surface area contributed by atoms with Crippen LogP contribution in [0.25, 0.3) is 0 Å². The zero-order valence-corrected chi connectivity index (χ0v) is 7.43. The zero-order valence-electron chi connectivity index (χ0n) is 7.43. The Labute approximate surface area is 72.7 Å². The molecule has 4 nitrogen and oxygen atoms in total. The smallest absolute Gasteiger partial charge is 0.222 e. The van der Waals surface area contributed by atoms with Gasteiger partial charge in [0.15, 0.2) is 0 Å². The number of carbonyl (C=O) groups excluding carboxylic acids is 1. The van der Waals surface area contributed by atoms with Gasteiger partial charge in [-0.05, 0) is 13.0 Å². The minimum atomic E-state index is 0.0885. The Morgan fingerprint density at radius 3 is 3.17 bits per heavy atom. The Morgan fingerprint density at radius 1 is 1.75 bits per heavy atom. The summed E-state index contributed by atoms with van der Waals surface area (Å²) in [5.41, 5.74) is 0. The van der Waals surface area contributed by atoms with Crippen LogP contribution in [0, 0.1) is 0 Å². The van der Waals surface area contributed by atoms with E-state index in [-0.39, 0.29) is 5.91 Å². The molecule has 1 saturated heterocycles. The first-order valence-corrected chi connectivity index (χ1v) is 4.32. The van der Waals surface area contributed by atoms with Crippen LogP contribution in [0.15, 0.2) is 0 Å². The molecular weight excluding hydrogens is 156 g/mol. The molecule has 0 bridgehead atoms. The number of hydrogen-bond donors (Lipinski definition) is 2. The van der Waals surface area contributed by atoms with Crippen molar-refractivity contribution < 1.29 is 9.53 Å². The second kappa shape index (κ2) is 5.11. The second-order valence-corrected chi connectivity index (χ2v) is 3.00. The molecule has 1 amide bonds. The highest BCUT2D eigenvalue weighted by molar-refractivity contribution is 5.76. The van der Waals surface area contributed by atoms with Gasteiger partial charge in [-0.25, -0.2) is 0 Å². The fourth-order valence-electron chi connectivity index (χ4n) is 1.27. The van der Waals surface area contributed by atoms with Gasteiger partial charge in [-0.15, -0.1) is 0 Å². The molecule has 4 heteroatoms. The Balaban J connectivity index is 2.08. The standard InChI is InChI=1S/C8H16N2O2/c1-12-5-3-8(11)10-7-2-4-9-6-7/h7,9H,2-6H2,1H3,(H,10,11). The molecule has 0 aromatic carbocycles. The van der Waals surface area contributed by atoms with E-state index in [1.807, 2.05) is 0 Å². The van der Waals surface area contributed by atoms with E-state index in [2.05, 4.69) is 10.6 Å². The number of amides is 1. The average Bonchev–Trinajstić information content (AvgIpc) is 2.53. The number of rotatable bonds is 4. The third-order valence-electron chi connectivity index (χ3n) is 1.96. The molecule has 1 atom stereocenters. The van der Waals surface area contributed by atoms with Crippen molar-refractivity contribution in [2.45, 2.75) is 18.9 Å². The molecule has 1 aliphatic rings. The van der Waals surface area contributed by atoms with Gasteiger partial charge in [-0.1, -0.05) is 0 Å². The van der Waals surface area contributed by atoms with Gasteiger partial charge < -0.3 is 15.4 Å². The summed E-state index contributed by atoms with van der Waals surface area (Å²) in [6.07, 6.45) is 1.51. The van der Waals surface area contributed by atoms with E-state index in [1.54, 1.807) is 7.11 Å². The maximum Gasteiger partial charge on any atom is 0.222 e. The molecule has 1 heterocycles. The molecule has 1 aliphatic heterocycles. The first kappa shape index (κ1) is 9.48. The summed E-state index contributed by atoms with van der Waals surface area (Å²) in [6.45, 7) is 2.42. The lowest BCUT2D eigenvalue weighted by Gasteiger charge is -2.10. The van der Waals surface area contributed by atoms with Gasteiger partial charge in [0, 0.05) is 26.1 Å². The van der Waals surface area contributed by atoms with Crippen LogP contribution in [-0.2, 0) is 9.53 Å². The van der Waals surface area contributed by atoms with Gasteiger partial charge in [0.2, 0.25) is 5.91 Å². The van der Waals surface area contributed by atoms with E-state index in [0.29, 0.717) is 19.1 Å². The lowest BCUT2D eigenvalue weighted by molar-refractivity contribution is -0.122. The maximum absolute atomic E-state index is 11.1. The summed E-state index contributed by atoms with van der Waals surface area (Å²) in [6, 6.07) is 0.328. The Bertz CT molecular complexity index is 144. The minimum absolute atomic E-state index is 0.0885. The largest absolute Gasteiger partial charge is 0.384 e. The minimum Gasteiger partial charge on any atom is -0.384 e. The van der Waals surface area contributed by atoms with Gasteiger partial charge in [-0.3, -0.25) is 4.79 Å². The van der Waals surface area contributed by atoms with Crippen molar-refractivity contribution in [2.75, 3.05) is 26.8 Å². The Morgan fingerprint density at radius 2 is 2.58 bits per heavy atom.